The van der Waals surface area contributed by atoms with E-state index in [-0.39, 0.29) is 25.5 Å². The normalized spacial score (nSPS) is 11.8. The first kappa shape index (κ1) is 29.5. The van der Waals surface area contributed by atoms with E-state index >= 15 is 0 Å². The predicted molar refractivity (Wildman–Crippen MR) is 158 cm³/mol. The van der Waals surface area contributed by atoms with Gasteiger partial charge in [0.1, 0.15) is 41.8 Å². The number of hydrogen-bond acceptors (Lipinski definition) is 8. The molecule has 0 amide bonds. The molecule has 2 heterocycles. The van der Waals surface area contributed by atoms with Crippen LogP contribution in [0.1, 0.15) is 17.7 Å². The molecule has 0 aliphatic rings. The Morgan fingerprint density at radius 3 is 2.65 bits per heavy atom. The second-order valence-corrected chi connectivity index (χ2v) is 10.1. The lowest BCUT2D eigenvalue weighted by Gasteiger charge is -2.12. The molecule has 0 aliphatic carbocycles. The van der Waals surface area contributed by atoms with Crippen molar-refractivity contribution in [3.05, 3.63) is 101 Å². The number of benzene rings is 3. The quantitative estimate of drug-likeness (QED) is 0.121. The first-order valence-corrected chi connectivity index (χ1v) is 13.6. The van der Waals surface area contributed by atoms with Gasteiger partial charge in [-0.25, -0.2) is 14.4 Å². The molecule has 2 aromatic heterocycles. The smallest absolute Gasteiger partial charge is 0.308 e. The minimum absolute atomic E-state index is 0.00978. The average molecular weight is 605 g/mol. The number of carbonyl (C=O) groups is 2. The van der Waals surface area contributed by atoms with Crippen molar-refractivity contribution >= 4 is 45.9 Å². The maximum Gasteiger partial charge on any atom is 0.308 e. The van der Waals surface area contributed by atoms with Gasteiger partial charge in [0, 0.05) is 23.2 Å². The summed E-state index contributed by atoms with van der Waals surface area (Å²) in [6.07, 6.45) is 0.982. The number of carboxylic acid groups (broad SMARTS) is 2. The molecule has 10 nitrogen and oxygen atoms in total. The molecular formula is C31H26ClFN4O6. The topological polar surface area (TPSA) is 147 Å². The molecule has 0 radical (unpaired) electrons. The van der Waals surface area contributed by atoms with Crippen molar-refractivity contribution in [1.29, 1.82) is 0 Å². The molecule has 5 rings (SSSR count). The number of aromatic nitrogens is 2. The van der Waals surface area contributed by atoms with E-state index in [1.165, 1.54) is 18.5 Å². The van der Waals surface area contributed by atoms with Crippen LogP contribution in [0, 0.1) is 11.7 Å². The lowest BCUT2D eigenvalue weighted by atomic mass is 10.1. The molecule has 220 valence electrons. The van der Waals surface area contributed by atoms with Crippen LogP contribution in [0.3, 0.4) is 0 Å². The molecular weight excluding hydrogens is 579 g/mol. The van der Waals surface area contributed by atoms with Gasteiger partial charge in [0.05, 0.1) is 29.4 Å². The monoisotopic (exact) mass is 604 g/mol. The predicted octanol–water partition coefficient (Wildman–Crippen LogP) is 6.27. The van der Waals surface area contributed by atoms with E-state index in [9.17, 15) is 19.1 Å². The summed E-state index contributed by atoms with van der Waals surface area (Å²) in [5.41, 5.74) is 2.82. The van der Waals surface area contributed by atoms with Crippen LogP contribution in [-0.2, 0) is 22.7 Å². The number of halogens is 2. The van der Waals surface area contributed by atoms with Crippen LogP contribution in [0.15, 0.2) is 83.5 Å². The zero-order valence-corrected chi connectivity index (χ0v) is 23.3. The number of carboxylic acids is 2. The molecule has 12 heteroatoms. The van der Waals surface area contributed by atoms with E-state index in [1.807, 2.05) is 18.2 Å². The van der Waals surface area contributed by atoms with Crippen molar-refractivity contribution in [2.24, 2.45) is 5.92 Å². The fourth-order valence-electron chi connectivity index (χ4n) is 4.38. The Labute approximate surface area is 250 Å². The zero-order chi connectivity index (χ0) is 30.3. The van der Waals surface area contributed by atoms with Gasteiger partial charge >= 0.3 is 11.9 Å². The highest BCUT2D eigenvalue weighted by Crippen LogP contribution is 2.33. The van der Waals surface area contributed by atoms with E-state index in [1.54, 1.807) is 42.5 Å². The largest absolute Gasteiger partial charge is 0.487 e. The van der Waals surface area contributed by atoms with Gasteiger partial charge in [-0.1, -0.05) is 23.7 Å². The lowest BCUT2D eigenvalue weighted by molar-refractivity contribution is -0.148. The van der Waals surface area contributed by atoms with Gasteiger partial charge in [-0.05, 0) is 66.2 Å². The van der Waals surface area contributed by atoms with Gasteiger partial charge in [0.2, 0.25) is 0 Å². The Morgan fingerprint density at radius 1 is 1.02 bits per heavy atom. The molecule has 0 bridgehead atoms. The Morgan fingerprint density at radius 2 is 1.88 bits per heavy atom. The second kappa shape index (κ2) is 13.3. The summed E-state index contributed by atoms with van der Waals surface area (Å²) < 4.78 is 25.2. The third-order valence-corrected chi connectivity index (χ3v) is 6.82. The molecule has 0 spiro atoms. The van der Waals surface area contributed by atoms with Gasteiger partial charge in [0.15, 0.2) is 0 Å². The second-order valence-electron chi connectivity index (χ2n) is 9.67. The van der Waals surface area contributed by atoms with Crippen molar-refractivity contribution in [1.82, 2.24) is 15.3 Å². The summed E-state index contributed by atoms with van der Waals surface area (Å²) in [5.74, 6) is -1.59. The van der Waals surface area contributed by atoms with Crippen molar-refractivity contribution in [2.45, 2.75) is 19.6 Å². The fraction of sp³-hybridized carbons (Fsp3) is 0.161. The van der Waals surface area contributed by atoms with Crippen LogP contribution in [0.25, 0.3) is 22.2 Å². The SMILES string of the molecule is O=C(O)CC(CNCc1ccc(-c2ccc3ncnc(Nc4ccc(OCc5cccc(F)c5)c(Cl)c4)c3c2)o1)C(=O)O. The highest BCUT2D eigenvalue weighted by atomic mass is 35.5. The Balaban J connectivity index is 1.27. The average Bonchev–Trinajstić information content (AvgIpc) is 3.45. The first-order valence-electron chi connectivity index (χ1n) is 13.2. The molecule has 43 heavy (non-hydrogen) atoms. The molecule has 0 saturated carbocycles. The van der Waals surface area contributed by atoms with E-state index in [0.29, 0.717) is 44.9 Å². The Bertz CT molecular complexity index is 1780. The number of furan rings is 1. The fourth-order valence-corrected chi connectivity index (χ4v) is 4.62. The van der Waals surface area contributed by atoms with Crippen LogP contribution in [0.4, 0.5) is 15.9 Å². The van der Waals surface area contributed by atoms with Gasteiger partial charge in [-0.2, -0.15) is 0 Å². The summed E-state index contributed by atoms with van der Waals surface area (Å²) in [4.78, 5) is 30.9. The first-order chi connectivity index (χ1) is 20.7. The number of nitrogens with one attached hydrogen (secondary N) is 2. The third-order valence-electron chi connectivity index (χ3n) is 6.52. The summed E-state index contributed by atoms with van der Waals surface area (Å²) in [5, 5.41) is 25.4. The molecule has 3 aromatic carbocycles. The molecule has 4 N–H and O–H groups in total. The van der Waals surface area contributed by atoms with Crippen LogP contribution < -0.4 is 15.4 Å². The van der Waals surface area contributed by atoms with E-state index in [2.05, 4.69) is 20.6 Å². The van der Waals surface area contributed by atoms with Crippen LogP contribution >= 0.6 is 11.6 Å². The van der Waals surface area contributed by atoms with E-state index in [4.69, 9.17) is 25.9 Å². The number of nitrogens with zero attached hydrogens (tertiary/aromatic N) is 2. The molecule has 5 aromatic rings. The minimum Gasteiger partial charge on any atom is -0.487 e. The van der Waals surface area contributed by atoms with Crippen molar-refractivity contribution in [3.63, 3.8) is 0 Å². The van der Waals surface area contributed by atoms with Gasteiger partial charge in [-0.3, -0.25) is 9.59 Å². The maximum atomic E-state index is 13.4. The summed E-state index contributed by atoms with van der Waals surface area (Å²) in [7, 11) is 0. The summed E-state index contributed by atoms with van der Waals surface area (Å²) in [6, 6.07) is 20.5. The van der Waals surface area contributed by atoms with Crippen molar-refractivity contribution < 1.29 is 33.3 Å². The number of rotatable bonds is 13. The maximum absolute atomic E-state index is 13.4. The summed E-state index contributed by atoms with van der Waals surface area (Å²) >= 11 is 6.47. The summed E-state index contributed by atoms with van der Waals surface area (Å²) in [6.45, 7) is 0.390. The molecule has 0 aliphatic heterocycles. The number of fused-ring (bicyclic) bond motifs is 1. The Kier molecular flexibility index (Phi) is 9.14. The zero-order valence-electron chi connectivity index (χ0n) is 22.6. The van der Waals surface area contributed by atoms with Crippen molar-refractivity contribution in [3.8, 4) is 17.1 Å². The highest BCUT2D eigenvalue weighted by Gasteiger charge is 2.20. The van der Waals surface area contributed by atoms with E-state index in [0.717, 1.165) is 10.9 Å². The molecule has 0 saturated heterocycles. The molecule has 1 atom stereocenters. The number of hydrogen-bond donors (Lipinski definition) is 4. The van der Waals surface area contributed by atoms with Crippen molar-refractivity contribution in [2.75, 3.05) is 11.9 Å². The van der Waals surface area contributed by atoms with Crippen LogP contribution in [-0.4, -0.2) is 38.7 Å². The molecule has 1 unspecified atom stereocenters. The Hall–Kier alpha value is -5.00. The van der Waals surface area contributed by atoms with Crippen LogP contribution in [0.2, 0.25) is 5.02 Å². The van der Waals surface area contributed by atoms with Gasteiger partial charge in [0.25, 0.3) is 0 Å². The van der Waals surface area contributed by atoms with E-state index < -0.39 is 24.3 Å². The standard InChI is InChI=1S/C31H26ClFN4O6/c32-25-13-22(5-8-28(25)42-16-18-2-1-3-21(33)10-18)37-30-24-11-19(4-7-26(24)35-17-36-30)27-9-6-23(43-27)15-34-14-20(31(40)41)12-29(38)39/h1-11,13,17,20,34H,12,14-16H2,(H,38,39)(H,40,41)(H,35,36,37). The number of aliphatic carboxylic acids is 2. The minimum atomic E-state index is -1.18. The van der Waals surface area contributed by atoms with Crippen LogP contribution in [0.5, 0.6) is 5.75 Å². The number of anilines is 2. The van der Waals surface area contributed by atoms with Gasteiger partial charge < -0.3 is 30.0 Å². The highest BCUT2D eigenvalue weighted by molar-refractivity contribution is 6.32. The lowest BCUT2D eigenvalue weighted by Crippen LogP contribution is -2.29. The molecule has 0 fully saturated rings. The third kappa shape index (κ3) is 7.64. The van der Waals surface area contributed by atoms with Gasteiger partial charge in [-0.15, -0.1) is 0 Å². The number of ether oxygens (including phenoxy) is 1.